The summed E-state index contributed by atoms with van der Waals surface area (Å²) in [5, 5.41) is 0. The summed E-state index contributed by atoms with van der Waals surface area (Å²) in [5.41, 5.74) is 3.22. The van der Waals surface area contributed by atoms with Crippen molar-refractivity contribution in [2.45, 2.75) is 6.92 Å². The van der Waals surface area contributed by atoms with Crippen LogP contribution in [0.5, 0.6) is 11.5 Å². The van der Waals surface area contributed by atoms with E-state index in [1.165, 1.54) is 0 Å². The quantitative estimate of drug-likeness (QED) is 0.627. The number of carbonyl (C=O) groups is 1. The highest BCUT2D eigenvalue weighted by atomic mass is 16.5. The second-order valence-corrected chi connectivity index (χ2v) is 5.55. The number of hydrogen-bond acceptors (Lipinski definition) is 2. The number of carbonyl (C=O) groups excluding carboxylic acids is 1. The summed E-state index contributed by atoms with van der Waals surface area (Å²) in [6.07, 6.45) is 0. The van der Waals surface area contributed by atoms with Crippen LogP contribution in [-0.4, -0.2) is 5.91 Å². The van der Waals surface area contributed by atoms with Crippen molar-refractivity contribution in [2.75, 3.05) is 4.90 Å². The maximum absolute atomic E-state index is 13.2. The van der Waals surface area contributed by atoms with Gasteiger partial charge in [0.25, 0.3) is 5.91 Å². The molecule has 3 aromatic rings. The van der Waals surface area contributed by atoms with Gasteiger partial charge in [0.15, 0.2) is 5.75 Å². The molecule has 0 saturated carbocycles. The first-order chi connectivity index (χ1) is 11.2. The highest BCUT2D eigenvalue weighted by Gasteiger charge is 2.29. The van der Waals surface area contributed by atoms with Crippen LogP contribution in [0.4, 0.5) is 11.4 Å². The summed E-state index contributed by atoms with van der Waals surface area (Å²) in [6, 6.07) is 22.9. The van der Waals surface area contributed by atoms with Gasteiger partial charge in [0, 0.05) is 5.69 Å². The summed E-state index contributed by atoms with van der Waals surface area (Å²) in [5.74, 6) is 1.18. The van der Waals surface area contributed by atoms with Crippen LogP contribution < -0.4 is 9.64 Å². The van der Waals surface area contributed by atoms with Crippen LogP contribution in [-0.2, 0) is 0 Å². The van der Waals surface area contributed by atoms with Crippen LogP contribution in [0.3, 0.4) is 0 Å². The maximum atomic E-state index is 13.2. The van der Waals surface area contributed by atoms with Crippen molar-refractivity contribution >= 4 is 17.3 Å². The molecule has 1 amide bonds. The van der Waals surface area contributed by atoms with Crippen LogP contribution in [0.25, 0.3) is 0 Å². The molecule has 112 valence electrons. The van der Waals surface area contributed by atoms with Gasteiger partial charge >= 0.3 is 0 Å². The van der Waals surface area contributed by atoms with E-state index in [1.54, 1.807) is 11.0 Å². The van der Waals surface area contributed by atoms with Gasteiger partial charge in [0.2, 0.25) is 0 Å². The van der Waals surface area contributed by atoms with Gasteiger partial charge in [-0.3, -0.25) is 9.69 Å². The molecule has 1 aliphatic heterocycles. The molecule has 0 unspecified atom stereocenters. The van der Waals surface area contributed by atoms with Crippen molar-refractivity contribution in [1.29, 1.82) is 0 Å². The van der Waals surface area contributed by atoms with Gasteiger partial charge in [0.1, 0.15) is 5.75 Å². The lowest BCUT2D eigenvalue weighted by atomic mass is 10.1. The summed E-state index contributed by atoms with van der Waals surface area (Å²) >= 11 is 0. The van der Waals surface area contributed by atoms with E-state index < -0.39 is 0 Å². The fourth-order valence-electron chi connectivity index (χ4n) is 2.80. The van der Waals surface area contributed by atoms with Gasteiger partial charge in [-0.1, -0.05) is 36.4 Å². The van der Waals surface area contributed by atoms with Crippen molar-refractivity contribution in [3.63, 3.8) is 0 Å². The molecule has 1 aliphatic rings. The molecule has 1 heterocycles. The van der Waals surface area contributed by atoms with E-state index in [-0.39, 0.29) is 5.91 Å². The predicted octanol–water partition coefficient (Wildman–Crippen LogP) is 5.08. The van der Waals surface area contributed by atoms with Crippen LogP contribution in [0.1, 0.15) is 15.9 Å². The Morgan fingerprint density at radius 3 is 2.39 bits per heavy atom. The molecular formula is C20H15NO2. The van der Waals surface area contributed by atoms with Gasteiger partial charge in [0.05, 0.1) is 11.3 Å². The normalized spacial score (nSPS) is 12.9. The van der Waals surface area contributed by atoms with Crippen molar-refractivity contribution in [3.8, 4) is 11.5 Å². The topological polar surface area (TPSA) is 29.5 Å². The molecule has 0 radical (unpaired) electrons. The molecule has 0 fully saturated rings. The number of rotatable bonds is 1. The SMILES string of the molecule is Cc1ccc2c(c1)N(c1ccccc1)C(=O)c1ccccc1O2. The minimum absolute atomic E-state index is 0.0869. The first-order valence-electron chi connectivity index (χ1n) is 7.51. The van der Waals surface area contributed by atoms with Gasteiger partial charge in [-0.2, -0.15) is 0 Å². The average molecular weight is 301 g/mol. The second-order valence-electron chi connectivity index (χ2n) is 5.55. The summed E-state index contributed by atoms with van der Waals surface area (Å²) < 4.78 is 6.02. The Kier molecular flexibility index (Phi) is 3.12. The summed E-state index contributed by atoms with van der Waals surface area (Å²) in [7, 11) is 0. The number of hydrogen-bond donors (Lipinski definition) is 0. The standard InChI is InChI=1S/C20H15NO2/c1-14-11-12-19-17(13-14)21(15-7-3-2-4-8-15)20(22)16-9-5-6-10-18(16)23-19/h2-13H,1H3. The molecule has 0 aliphatic carbocycles. The van der Waals surface area contributed by atoms with Crippen LogP contribution >= 0.6 is 0 Å². The van der Waals surface area contributed by atoms with Crippen molar-refractivity contribution in [3.05, 3.63) is 83.9 Å². The maximum Gasteiger partial charge on any atom is 0.266 e. The number of para-hydroxylation sites is 2. The number of aryl methyl sites for hydroxylation is 1. The van der Waals surface area contributed by atoms with Crippen molar-refractivity contribution < 1.29 is 9.53 Å². The fraction of sp³-hybridized carbons (Fsp3) is 0.0500. The van der Waals surface area contributed by atoms with E-state index in [1.807, 2.05) is 73.7 Å². The van der Waals surface area contributed by atoms with Crippen LogP contribution in [0.2, 0.25) is 0 Å². The lowest BCUT2D eigenvalue weighted by Gasteiger charge is -2.22. The minimum atomic E-state index is -0.0869. The van der Waals surface area contributed by atoms with Crippen molar-refractivity contribution in [1.82, 2.24) is 0 Å². The molecule has 0 N–H and O–H groups in total. The molecule has 3 heteroatoms. The van der Waals surface area contributed by atoms with Crippen LogP contribution in [0, 0.1) is 6.92 Å². The van der Waals surface area contributed by atoms with E-state index >= 15 is 0 Å². The predicted molar refractivity (Wildman–Crippen MR) is 90.6 cm³/mol. The molecule has 23 heavy (non-hydrogen) atoms. The largest absolute Gasteiger partial charge is 0.454 e. The summed E-state index contributed by atoms with van der Waals surface area (Å²) in [6.45, 7) is 2.01. The lowest BCUT2D eigenvalue weighted by molar-refractivity contribution is 0.0999. The highest BCUT2D eigenvalue weighted by Crippen LogP contribution is 2.42. The van der Waals surface area contributed by atoms with Crippen LogP contribution in [0.15, 0.2) is 72.8 Å². The zero-order valence-electron chi connectivity index (χ0n) is 12.7. The number of nitrogens with zero attached hydrogens (tertiary/aromatic N) is 1. The Balaban J connectivity index is 2.00. The number of anilines is 2. The second kappa shape index (κ2) is 5.29. The molecule has 0 atom stereocenters. The Hall–Kier alpha value is -3.07. The molecule has 0 aromatic heterocycles. The third-order valence-electron chi connectivity index (χ3n) is 3.91. The molecule has 0 spiro atoms. The van der Waals surface area contributed by atoms with E-state index in [0.29, 0.717) is 17.1 Å². The number of benzene rings is 3. The van der Waals surface area contributed by atoms with E-state index in [9.17, 15) is 4.79 Å². The van der Waals surface area contributed by atoms with E-state index in [4.69, 9.17) is 4.74 Å². The highest BCUT2D eigenvalue weighted by molar-refractivity contribution is 6.14. The lowest BCUT2D eigenvalue weighted by Crippen LogP contribution is -2.25. The molecule has 3 nitrogen and oxygen atoms in total. The molecular weight excluding hydrogens is 286 g/mol. The minimum Gasteiger partial charge on any atom is -0.454 e. The zero-order chi connectivity index (χ0) is 15.8. The number of amides is 1. The third-order valence-corrected chi connectivity index (χ3v) is 3.91. The van der Waals surface area contributed by atoms with Crippen molar-refractivity contribution in [2.24, 2.45) is 0 Å². The monoisotopic (exact) mass is 301 g/mol. The van der Waals surface area contributed by atoms with Gasteiger partial charge in [-0.25, -0.2) is 0 Å². The third kappa shape index (κ3) is 2.27. The number of ether oxygens (including phenoxy) is 1. The molecule has 0 saturated heterocycles. The summed E-state index contributed by atoms with van der Waals surface area (Å²) in [4.78, 5) is 14.9. The van der Waals surface area contributed by atoms with Gasteiger partial charge in [-0.05, 0) is 48.9 Å². The first kappa shape index (κ1) is 13.6. The Bertz CT molecular complexity index is 887. The Morgan fingerprint density at radius 1 is 0.826 bits per heavy atom. The van der Waals surface area contributed by atoms with Gasteiger partial charge in [-0.15, -0.1) is 0 Å². The Labute approximate surface area is 134 Å². The average Bonchev–Trinajstić information content (AvgIpc) is 2.70. The molecule has 0 bridgehead atoms. The van der Waals surface area contributed by atoms with E-state index in [2.05, 4.69) is 0 Å². The first-order valence-corrected chi connectivity index (χ1v) is 7.51. The van der Waals surface area contributed by atoms with Gasteiger partial charge < -0.3 is 4.74 Å². The fourth-order valence-corrected chi connectivity index (χ4v) is 2.80. The van der Waals surface area contributed by atoms with E-state index in [0.717, 1.165) is 16.9 Å². The molecule has 4 rings (SSSR count). The number of fused-ring (bicyclic) bond motifs is 2. The Morgan fingerprint density at radius 2 is 1.57 bits per heavy atom. The molecule has 3 aromatic carbocycles. The zero-order valence-corrected chi connectivity index (χ0v) is 12.7. The smallest absolute Gasteiger partial charge is 0.266 e.